The molecule has 1 saturated heterocycles. The number of carbonyl (C=O) groups is 1. The second-order valence-electron chi connectivity index (χ2n) is 7.88. The summed E-state index contributed by atoms with van der Waals surface area (Å²) in [6.45, 7) is 5.30. The van der Waals surface area contributed by atoms with Gasteiger partial charge in [-0.05, 0) is 62.6 Å². The van der Waals surface area contributed by atoms with E-state index in [4.69, 9.17) is 0 Å². The number of aliphatic hydroxyl groups is 1. The first-order chi connectivity index (χ1) is 12.1. The average Bonchev–Trinajstić information content (AvgIpc) is 2.60. The molecule has 1 aromatic rings. The summed E-state index contributed by atoms with van der Waals surface area (Å²) in [5, 5.41) is 12.7. The highest BCUT2D eigenvalue weighted by Gasteiger charge is 2.34. The Bertz CT molecular complexity index is 534. The van der Waals surface area contributed by atoms with Crippen LogP contribution in [0.3, 0.4) is 0 Å². The molecule has 2 aliphatic rings. The van der Waals surface area contributed by atoms with Gasteiger partial charge in [0.15, 0.2) is 0 Å². The first-order valence-electron chi connectivity index (χ1n) is 9.87. The van der Waals surface area contributed by atoms with Crippen LogP contribution in [-0.2, 0) is 11.3 Å². The van der Waals surface area contributed by atoms with Crippen molar-refractivity contribution >= 4 is 5.91 Å². The van der Waals surface area contributed by atoms with Crippen LogP contribution < -0.4 is 5.32 Å². The number of carbonyl (C=O) groups excluding carboxylic acids is 1. The van der Waals surface area contributed by atoms with E-state index in [9.17, 15) is 9.90 Å². The van der Waals surface area contributed by atoms with Gasteiger partial charge in [0, 0.05) is 19.0 Å². The van der Waals surface area contributed by atoms with Gasteiger partial charge >= 0.3 is 0 Å². The molecular weight excluding hydrogens is 312 g/mol. The largest absolute Gasteiger partial charge is 0.393 e. The number of hydrogen-bond acceptors (Lipinski definition) is 3. The van der Waals surface area contributed by atoms with Gasteiger partial charge in [-0.25, -0.2) is 0 Å². The van der Waals surface area contributed by atoms with E-state index in [2.05, 4.69) is 47.5 Å². The van der Waals surface area contributed by atoms with Gasteiger partial charge in [0.1, 0.15) is 0 Å². The number of hydrogen-bond donors (Lipinski definition) is 2. The first kappa shape index (κ1) is 18.4. The molecule has 1 aromatic carbocycles. The van der Waals surface area contributed by atoms with Crippen LogP contribution in [0, 0.1) is 11.8 Å². The molecular formula is C21H32N2O2. The predicted octanol–water partition coefficient (Wildman–Crippen LogP) is 2.95. The molecule has 2 fully saturated rings. The molecule has 138 valence electrons. The van der Waals surface area contributed by atoms with Crippen molar-refractivity contribution in [1.29, 1.82) is 0 Å². The van der Waals surface area contributed by atoms with E-state index < -0.39 is 0 Å². The minimum absolute atomic E-state index is 0.148. The standard InChI is InChI=1S/C21H32N2O2/c1-2-20(18-13-19(24)14-18)22-21(25)12-16-8-10-23(11-9-16)15-17-6-4-3-5-7-17/h3-7,16,18-20,24H,2,8-15H2,1H3,(H,22,25)/t18?,19?,20-/m0/s1. The average molecular weight is 344 g/mol. The summed E-state index contributed by atoms with van der Waals surface area (Å²) in [5.41, 5.74) is 1.37. The molecule has 0 unspecified atom stereocenters. The molecule has 1 atom stereocenters. The van der Waals surface area contributed by atoms with Gasteiger partial charge in [0.25, 0.3) is 0 Å². The molecule has 2 N–H and O–H groups in total. The summed E-state index contributed by atoms with van der Waals surface area (Å²) >= 11 is 0. The van der Waals surface area contributed by atoms with E-state index in [0.29, 0.717) is 18.3 Å². The van der Waals surface area contributed by atoms with Crippen molar-refractivity contribution in [2.45, 2.75) is 64.1 Å². The predicted molar refractivity (Wildman–Crippen MR) is 100 cm³/mol. The maximum absolute atomic E-state index is 12.4. The van der Waals surface area contributed by atoms with Crippen molar-refractivity contribution in [3.8, 4) is 0 Å². The monoisotopic (exact) mass is 344 g/mol. The Kier molecular flexibility index (Phi) is 6.49. The minimum Gasteiger partial charge on any atom is -0.393 e. The SMILES string of the molecule is CC[C@H](NC(=O)CC1CCN(Cc2ccccc2)CC1)C1CC(O)C1. The zero-order valence-corrected chi connectivity index (χ0v) is 15.4. The van der Waals surface area contributed by atoms with Crippen LogP contribution in [-0.4, -0.2) is 41.1 Å². The molecule has 3 rings (SSSR count). The van der Waals surface area contributed by atoms with Crippen molar-refractivity contribution in [3.05, 3.63) is 35.9 Å². The number of amides is 1. The molecule has 4 nitrogen and oxygen atoms in total. The highest BCUT2D eigenvalue weighted by molar-refractivity contribution is 5.76. The summed E-state index contributed by atoms with van der Waals surface area (Å²) in [6, 6.07) is 10.9. The summed E-state index contributed by atoms with van der Waals surface area (Å²) in [4.78, 5) is 14.9. The highest BCUT2D eigenvalue weighted by atomic mass is 16.3. The molecule has 25 heavy (non-hydrogen) atoms. The van der Waals surface area contributed by atoms with Crippen molar-refractivity contribution in [1.82, 2.24) is 10.2 Å². The van der Waals surface area contributed by atoms with E-state index in [1.807, 2.05) is 0 Å². The maximum atomic E-state index is 12.4. The van der Waals surface area contributed by atoms with Gasteiger partial charge in [-0.15, -0.1) is 0 Å². The third-order valence-electron chi connectivity index (χ3n) is 5.94. The summed E-state index contributed by atoms with van der Waals surface area (Å²) in [6.07, 6.45) is 5.37. The topological polar surface area (TPSA) is 52.6 Å². The molecule has 4 heteroatoms. The normalized spacial score (nSPS) is 26.0. The molecule has 0 bridgehead atoms. The summed E-state index contributed by atoms with van der Waals surface area (Å²) in [5.74, 6) is 1.18. The van der Waals surface area contributed by atoms with Crippen LogP contribution in [0.1, 0.15) is 51.0 Å². The Morgan fingerprint density at radius 3 is 2.52 bits per heavy atom. The van der Waals surface area contributed by atoms with Crippen LogP contribution in [0.5, 0.6) is 0 Å². The lowest BCUT2D eigenvalue weighted by molar-refractivity contribution is -0.124. The highest BCUT2D eigenvalue weighted by Crippen LogP contribution is 2.31. The number of benzene rings is 1. The van der Waals surface area contributed by atoms with Gasteiger partial charge in [-0.2, -0.15) is 0 Å². The number of rotatable bonds is 7. The van der Waals surface area contributed by atoms with Crippen LogP contribution in [0.2, 0.25) is 0 Å². The zero-order chi connectivity index (χ0) is 17.6. The second-order valence-corrected chi connectivity index (χ2v) is 7.88. The Morgan fingerprint density at radius 1 is 1.24 bits per heavy atom. The lowest BCUT2D eigenvalue weighted by Gasteiger charge is -2.38. The van der Waals surface area contributed by atoms with Crippen molar-refractivity contribution in [2.75, 3.05) is 13.1 Å². The van der Waals surface area contributed by atoms with Gasteiger partial charge < -0.3 is 10.4 Å². The van der Waals surface area contributed by atoms with Gasteiger partial charge in [0.2, 0.25) is 5.91 Å². The van der Waals surface area contributed by atoms with E-state index in [1.54, 1.807) is 0 Å². The van der Waals surface area contributed by atoms with Crippen LogP contribution in [0.25, 0.3) is 0 Å². The number of nitrogens with one attached hydrogen (secondary N) is 1. The lowest BCUT2D eigenvalue weighted by atomic mass is 9.76. The lowest BCUT2D eigenvalue weighted by Crippen LogP contribution is -2.47. The number of piperidine rings is 1. The van der Waals surface area contributed by atoms with E-state index in [-0.39, 0.29) is 18.1 Å². The maximum Gasteiger partial charge on any atom is 0.220 e. The van der Waals surface area contributed by atoms with Gasteiger partial charge in [-0.1, -0.05) is 37.3 Å². The third kappa shape index (κ3) is 5.29. The fraction of sp³-hybridized carbons (Fsp3) is 0.667. The molecule has 1 aliphatic heterocycles. The number of aliphatic hydroxyl groups excluding tert-OH is 1. The smallest absolute Gasteiger partial charge is 0.220 e. The fourth-order valence-corrected chi connectivity index (χ4v) is 4.23. The quantitative estimate of drug-likeness (QED) is 0.800. The third-order valence-corrected chi connectivity index (χ3v) is 5.94. The summed E-state index contributed by atoms with van der Waals surface area (Å²) in [7, 11) is 0. The molecule has 0 aromatic heterocycles. The van der Waals surface area contributed by atoms with E-state index in [1.165, 1.54) is 5.56 Å². The van der Waals surface area contributed by atoms with Gasteiger partial charge in [0.05, 0.1) is 6.10 Å². The summed E-state index contributed by atoms with van der Waals surface area (Å²) < 4.78 is 0. The van der Waals surface area contributed by atoms with Crippen molar-refractivity contribution in [2.24, 2.45) is 11.8 Å². The Hall–Kier alpha value is -1.39. The first-order valence-corrected chi connectivity index (χ1v) is 9.87. The fourth-order valence-electron chi connectivity index (χ4n) is 4.23. The van der Waals surface area contributed by atoms with Crippen molar-refractivity contribution < 1.29 is 9.90 Å². The Balaban J connectivity index is 1.37. The Morgan fingerprint density at radius 2 is 1.92 bits per heavy atom. The molecule has 1 amide bonds. The minimum atomic E-state index is -0.148. The van der Waals surface area contributed by atoms with E-state index in [0.717, 1.165) is 51.7 Å². The van der Waals surface area contributed by atoms with Gasteiger partial charge in [-0.3, -0.25) is 9.69 Å². The molecule has 1 heterocycles. The zero-order valence-electron chi connectivity index (χ0n) is 15.4. The molecule has 0 spiro atoms. The van der Waals surface area contributed by atoms with Crippen molar-refractivity contribution in [3.63, 3.8) is 0 Å². The number of likely N-dealkylation sites (tertiary alicyclic amines) is 1. The van der Waals surface area contributed by atoms with Crippen LogP contribution >= 0.6 is 0 Å². The second kappa shape index (κ2) is 8.81. The van der Waals surface area contributed by atoms with E-state index >= 15 is 0 Å². The number of nitrogens with zero attached hydrogens (tertiary/aromatic N) is 1. The van der Waals surface area contributed by atoms with Crippen LogP contribution in [0.4, 0.5) is 0 Å². The Labute approximate surface area is 151 Å². The molecule has 0 radical (unpaired) electrons. The molecule has 1 aliphatic carbocycles. The van der Waals surface area contributed by atoms with Crippen LogP contribution in [0.15, 0.2) is 30.3 Å². The molecule has 1 saturated carbocycles.